The van der Waals surface area contributed by atoms with Crippen molar-refractivity contribution >= 4 is 34.1 Å². The molecule has 1 atom stereocenters. The highest BCUT2D eigenvalue weighted by Crippen LogP contribution is 2.24. The molecule has 0 aliphatic rings. The number of carbonyl (C=O) groups excluding carboxylic acids is 1. The summed E-state index contributed by atoms with van der Waals surface area (Å²) < 4.78 is 6.52. The fraction of sp³-hybridized carbons (Fsp3) is 0.357. The lowest BCUT2D eigenvalue weighted by Gasteiger charge is -2.15. The fourth-order valence-corrected chi connectivity index (χ4v) is 2.90. The van der Waals surface area contributed by atoms with Crippen molar-refractivity contribution in [2.75, 3.05) is 11.6 Å². The number of amides is 1. The Balaban J connectivity index is 1.98. The quantitative estimate of drug-likeness (QED) is 0.676. The smallest absolute Gasteiger partial charge is 0.266 e. The number of anilines is 1. The van der Waals surface area contributed by atoms with Gasteiger partial charge in [0.1, 0.15) is 5.75 Å². The van der Waals surface area contributed by atoms with Crippen LogP contribution in [-0.2, 0) is 4.79 Å². The van der Waals surface area contributed by atoms with E-state index in [9.17, 15) is 4.79 Å². The topological polar surface area (TPSA) is 64.1 Å². The van der Waals surface area contributed by atoms with E-state index in [2.05, 4.69) is 15.5 Å². The van der Waals surface area contributed by atoms with Crippen molar-refractivity contribution in [3.63, 3.8) is 0 Å². The molecule has 112 valence electrons. The predicted molar refractivity (Wildman–Crippen MR) is 86.3 cm³/mol. The third kappa shape index (κ3) is 4.18. The van der Waals surface area contributed by atoms with Crippen molar-refractivity contribution < 1.29 is 9.53 Å². The number of benzene rings is 1. The number of hydrogen-bond donors (Lipinski definition) is 1. The lowest BCUT2D eigenvalue weighted by Crippen LogP contribution is -2.30. The van der Waals surface area contributed by atoms with Gasteiger partial charge in [0, 0.05) is 0 Å². The molecule has 0 fully saturated rings. The summed E-state index contributed by atoms with van der Waals surface area (Å²) in [4.78, 5) is 12.1. The molecular formula is C14H17N3O2S2. The second-order valence-corrected chi connectivity index (χ2v) is 6.63. The van der Waals surface area contributed by atoms with Gasteiger partial charge < -0.3 is 4.74 Å². The average molecular weight is 323 g/mol. The van der Waals surface area contributed by atoms with Crippen LogP contribution in [0.4, 0.5) is 5.13 Å². The molecule has 0 aliphatic carbocycles. The van der Waals surface area contributed by atoms with E-state index in [1.807, 2.05) is 38.3 Å². The van der Waals surface area contributed by atoms with E-state index in [-0.39, 0.29) is 5.91 Å². The molecule has 0 saturated carbocycles. The summed E-state index contributed by atoms with van der Waals surface area (Å²) in [6.45, 7) is 5.69. The van der Waals surface area contributed by atoms with Gasteiger partial charge in [-0.1, -0.05) is 40.8 Å². The molecular weight excluding hydrogens is 306 g/mol. The number of hydrogen-bond acceptors (Lipinski definition) is 6. The number of rotatable bonds is 5. The molecule has 1 heterocycles. The molecule has 21 heavy (non-hydrogen) atoms. The molecule has 0 spiro atoms. The van der Waals surface area contributed by atoms with Crippen molar-refractivity contribution in [3.8, 4) is 5.75 Å². The van der Waals surface area contributed by atoms with Gasteiger partial charge in [0.15, 0.2) is 10.4 Å². The molecule has 0 unspecified atom stereocenters. The summed E-state index contributed by atoms with van der Waals surface area (Å²) in [5.41, 5.74) is 2.17. The minimum atomic E-state index is -0.604. The van der Waals surface area contributed by atoms with Gasteiger partial charge in [-0.3, -0.25) is 10.1 Å². The number of nitrogens with zero attached hydrogens (tertiary/aromatic N) is 2. The normalized spacial score (nSPS) is 12.0. The Morgan fingerprint density at radius 2 is 2.14 bits per heavy atom. The van der Waals surface area contributed by atoms with Crippen molar-refractivity contribution in [2.45, 2.75) is 31.2 Å². The van der Waals surface area contributed by atoms with Crippen LogP contribution in [0, 0.1) is 13.8 Å². The Labute approximate surface area is 132 Å². The highest BCUT2D eigenvalue weighted by atomic mass is 32.2. The molecule has 0 aliphatic heterocycles. The number of aryl methyl sites for hydroxylation is 2. The van der Waals surface area contributed by atoms with E-state index in [1.165, 1.54) is 23.1 Å². The van der Waals surface area contributed by atoms with E-state index in [0.29, 0.717) is 10.9 Å². The molecule has 1 aromatic heterocycles. The van der Waals surface area contributed by atoms with Crippen LogP contribution in [0.25, 0.3) is 0 Å². The maximum absolute atomic E-state index is 12.1. The zero-order valence-corrected chi connectivity index (χ0v) is 14.0. The minimum Gasteiger partial charge on any atom is -0.481 e. The zero-order chi connectivity index (χ0) is 15.4. The predicted octanol–water partition coefficient (Wildman–Crippen LogP) is 3.28. The lowest BCUT2D eigenvalue weighted by atomic mass is 10.1. The van der Waals surface area contributed by atoms with Crippen molar-refractivity contribution in [1.82, 2.24) is 10.2 Å². The highest BCUT2D eigenvalue weighted by Gasteiger charge is 2.17. The summed E-state index contributed by atoms with van der Waals surface area (Å²) in [5.74, 6) is 0.476. The Morgan fingerprint density at radius 1 is 1.38 bits per heavy atom. The van der Waals surface area contributed by atoms with Gasteiger partial charge in [-0.25, -0.2) is 0 Å². The van der Waals surface area contributed by atoms with Gasteiger partial charge in [0.2, 0.25) is 5.13 Å². The van der Waals surface area contributed by atoms with Gasteiger partial charge in [-0.2, -0.15) is 0 Å². The van der Waals surface area contributed by atoms with Crippen LogP contribution in [0.15, 0.2) is 22.5 Å². The molecule has 2 aromatic rings. The van der Waals surface area contributed by atoms with Crippen molar-refractivity contribution in [2.24, 2.45) is 0 Å². The Hall–Kier alpha value is -1.60. The van der Waals surface area contributed by atoms with Gasteiger partial charge in [-0.15, -0.1) is 10.2 Å². The van der Waals surface area contributed by atoms with Crippen LogP contribution in [0.3, 0.4) is 0 Å². The molecule has 1 amide bonds. The zero-order valence-electron chi connectivity index (χ0n) is 12.3. The maximum atomic E-state index is 12.1. The summed E-state index contributed by atoms with van der Waals surface area (Å²) >= 11 is 2.84. The Bertz CT molecular complexity index is 643. The first-order valence-electron chi connectivity index (χ1n) is 6.42. The van der Waals surface area contributed by atoms with E-state index >= 15 is 0 Å². The third-order valence-electron chi connectivity index (χ3n) is 2.81. The van der Waals surface area contributed by atoms with Crippen LogP contribution >= 0.6 is 23.1 Å². The number of ether oxygens (including phenoxy) is 1. The average Bonchev–Trinajstić information content (AvgIpc) is 2.89. The molecule has 0 bridgehead atoms. The summed E-state index contributed by atoms with van der Waals surface area (Å²) in [6, 6.07) is 5.86. The van der Waals surface area contributed by atoms with Crippen molar-refractivity contribution in [1.29, 1.82) is 0 Å². The Morgan fingerprint density at radius 3 is 2.76 bits per heavy atom. The monoisotopic (exact) mass is 323 g/mol. The molecule has 2 rings (SSSR count). The number of nitrogens with one attached hydrogen (secondary N) is 1. The second-order valence-electron chi connectivity index (χ2n) is 4.60. The summed E-state index contributed by atoms with van der Waals surface area (Å²) in [5, 5.41) is 11.0. The lowest BCUT2D eigenvalue weighted by molar-refractivity contribution is -0.122. The van der Waals surface area contributed by atoms with Crippen LogP contribution in [0.2, 0.25) is 0 Å². The summed E-state index contributed by atoms with van der Waals surface area (Å²) in [7, 11) is 0. The first-order valence-corrected chi connectivity index (χ1v) is 8.46. The molecule has 0 saturated heterocycles. The SMILES string of the molecule is CSc1nnc(NC(=O)[C@H](C)Oc2ccc(C)cc2C)s1. The highest BCUT2D eigenvalue weighted by molar-refractivity contribution is 8.00. The number of carbonyl (C=O) groups is 1. The van der Waals surface area contributed by atoms with Gasteiger partial charge in [0.05, 0.1) is 0 Å². The fourth-order valence-electron chi connectivity index (χ4n) is 1.73. The van der Waals surface area contributed by atoms with Crippen LogP contribution < -0.4 is 10.1 Å². The van der Waals surface area contributed by atoms with Crippen LogP contribution in [0.5, 0.6) is 5.75 Å². The van der Waals surface area contributed by atoms with Crippen LogP contribution in [0.1, 0.15) is 18.1 Å². The largest absolute Gasteiger partial charge is 0.481 e. The van der Waals surface area contributed by atoms with Gasteiger partial charge >= 0.3 is 0 Å². The van der Waals surface area contributed by atoms with Crippen LogP contribution in [-0.4, -0.2) is 28.5 Å². The molecule has 7 heteroatoms. The number of aromatic nitrogens is 2. The van der Waals surface area contributed by atoms with E-state index in [1.54, 1.807) is 6.92 Å². The first kappa shape index (κ1) is 15.8. The Kier molecular flexibility index (Phi) is 5.19. The van der Waals surface area contributed by atoms with Crippen molar-refractivity contribution in [3.05, 3.63) is 29.3 Å². The summed E-state index contributed by atoms with van der Waals surface area (Å²) in [6.07, 6.45) is 1.31. The molecule has 0 radical (unpaired) electrons. The number of thioether (sulfide) groups is 1. The van der Waals surface area contributed by atoms with Gasteiger partial charge in [0.25, 0.3) is 5.91 Å². The van der Waals surface area contributed by atoms with E-state index in [4.69, 9.17) is 4.74 Å². The first-order chi connectivity index (χ1) is 9.99. The van der Waals surface area contributed by atoms with E-state index in [0.717, 1.165) is 15.5 Å². The molecule has 5 nitrogen and oxygen atoms in total. The second kappa shape index (κ2) is 6.91. The van der Waals surface area contributed by atoms with Gasteiger partial charge in [-0.05, 0) is 38.7 Å². The van der Waals surface area contributed by atoms with E-state index < -0.39 is 6.10 Å². The standard InChI is InChI=1S/C14H17N3O2S2/c1-8-5-6-11(9(2)7-8)19-10(3)12(18)15-13-16-17-14(20-4)21-13/h5-7,10H,1-4H3,(H,15,16,18)/t10-/m0/s1. The maximum Gasteiger partial charge on any atom is 0.266 e. The third-order valence-corrected chi connectivity index (χ3v) is 4.63. The minimum absolute atomic E-state index is 0.237. The molecule has 1 aromatic carbocycles. The molecule has 1 N–H and O–H groups in total.